The molecule has 0 bridgehead atoms. The third-order valence-electron chi connectivity index (χ3n) is 3.13. The van der Waals surface area contributed by atoms with Gasteiger partial charge in [-0.25, -0.2) is 4.79 Å². The molecule has 5 heteroatoms. The van der Waals surface area contributed by atoms with Gasteiger partial charge in [0.15, 0.2) is 0 Å². The minimum absolute atomic E-state index is 0.309. The summed E-state index contributed by atoms with van der Waals surface area (Å²) in [5.74, 6) is -1.89. The molecule has 0 fully saturated rings. The standard InChI is InChI=1S/C15H15NO4/c1-20-15(19)16-9-7-12(8-10-16)13(14(17)18)11-5-3-2-4-6-11/h2-10,12-13H,1H3,(H,17,18). The summed E-state index contributed by atoms with van der Waals surface area (Å²) in [5.41, 5.74) is 0.728. The normalized spacial score (nSPS) is 15.9. The summed E-state index contributed by atoms with van der Waals surface area (Å²) < 4.78 is 4.59. The van der Waals surface area contributed by atoms with Crippen LogP contribution in [-0.4, -0.2) is 29.2 Å². The number of amides is 1. The van der Waals surface area contributed by atoms with Crippen molar-refractivity contribution < 1.29 is 19.4 Å². The van der Waals surface area contributed by atoms with Crippen molar-refractivity contribution in [2.24, 2.45) is 5.92 Å². The number of carbonyl (C=O) groups excluding carboxylic acids is 1. The molecule has 1 N–H and O–H groups in total. The average molecular weight is 273 g/mol. The molecule has 1 aromatic rings. The first-order chi connectivity index (χ1) is 9.63. The lowest BCUT2D eigenvalue weighted by Gasteiger charge is -2.23. The zero-order valence-corrected chi connectivity index (χ0v) is 11.0. The van der Waals surface area contributed by atoms with Crippen molar-refractivity contribution in [3.05, 3.63) is 60.4 Å². The zero-order valence-electron chi connectivity index (χ0n) is 11.0. The Labute approximate surface area is 116 Å². The van der Waals surface area contributed by atoms with Gasteiger partial charge in [-0.3, -0.25) is 9.69 Å². The van der Waals surface area contributed by atoms with Crippen molar-refractivity contribution in [2.75, 3.05) is 7.11 Å². The molecule has 2 rings (SSSR count). The second kappa shape index (κ2) is 6.06. The Balaban J connectivity index is 2.20. The van der Waals surface area contributed by atoms with Crippen LogP contribution in [0.2, 0.25) is 0 Å². The van der Waals surface area contributed by atoms with Gasteiger partial charge in [0.25, 0.3) is 0 Å². The van der Waals surface area contributed by atoms with Gasteiger partial charge in [0, 0.05) is 18.3 Å². The highest BCUT2D eigenvalue weighted by atomic mass is 16.5. The molecule has 0 aliphatic carbocycles. The second-order valence-electron chi connectivity index (χ2n) is 4.36. The van der Waals surface area contributed by atoms with E-state index in [0.29, 0.717) is 0 Å². The van der Waals surface area contributed by atoms with Crippen LogP contribution in [0, 0.1) is 5.92 Å². The van der Waals surface area contributed by atoms with Crippen LogP contribution < -0.4 is 0 Å². The number of aliphatic carboxylic acids is 1. The molecule has 20 heavy (non-hydrogen) atoms. The Morgan fingerprint density at radius 2 is 1.80 bits per heavy atom. The number of hydrogen-bond donors (Lipinski definition) is 1. The van der Waals surface area contributed by atoms with Gasteiger partial charge in [-0.1, -0.05) is 42.5 Å². The van der Waals surface area contributed by atoms with Gasteiger partial charge in [-0.2, -0.15) is 0 Å². The minimum atomic E-state index is -0.901. The fourth-order valence-electron chi connectivity index (χ4n) is 2.14. The fourth-order valence-corrected chi connectivity index (χ4v) is 2.14. The molecule has 0 saturated heterocycles. The van der Waals surface area contributed by atoms with E-state index >= 15 is 0 Å². The Kier molecular flexibility index (Phi) is 4.20. The molecule has 0 spiro atoms. The van der Waals surface area contributed by atoms with Crippen LogP contribution >= 0.6 is 0 Å². The predicted molar refractivity (Wildman–Crippen MR) is 72.8 cm³/mol. The van der Waals surface area contributed by atoms with Crippen molar-refractivity contribution in [1.82, 2.24) is 4.90 Å². The molecule has 1 aliphatic heterocycles. The maximum atomic E-state index is 11.5. The third-order valence-corrected chi connectivity index (χ3v) is 3.13. The van der Waals surface area contributed by atoms with E-state index in [4.69, 9.17) is 0 Å². The topological polar surface area (TPSA) is 66.8 Å². The number of allylic oxidation sites excluding steroid dienone is 2. The number of carboxylic acid groups (broad SMARTS) is 1. The molecule has 0 aromatic heterocycles. The van der Waals surface area contributed by atoms with Crippen LogP contribution in [0.4, 0.5) is 4.79 Å². The number of rotatable bonds is 3. The lowest BCUT2D eigenvalue weighted by Crippen LogP contribution is -2.26. The predicted octanol–water partition coefficient (Wildman–Crippen LogP) is 2.58. The molecule has 1 amide bonds. The molecule has 1 unspecified atom stereocenters. The number of carboxylic acids is 1. The number of ether oxygens (including phenoxy) is 1. The summed E-state index contributed by atoms with van der Waals surface area (Å²) >= 11 is 0. The van der Waals surface area contributed by atoms with Crippen LogP contribution in [0.1, 0.15) is 11.5 Å². The quantitative estimate of drug-likeness (QED) is 0.919. The molecular weight excluding hydrogens is 258 g/mol. The van der Waals surface area contributed by atoms with E-state index in [0.717, 1.165) is 5.56 Å². The lowest BCUT2D eigenvalue weighted by molar-refractivity contribution is -0.139. The van der Waals surface area contributed by atoms with E-state index in [2.05, 4.69) is 4.74 Å². The molecule has 104 valence electrons. The van der Waals surface area contributed by atoms with E-state index < -0.39 is 18.0 Å². The van der Waals surface area contributed by atoms with Gasteiger partial charge >= 0.3 is 12.1 Å². The maximum Gasteiger partial charge on any atom is 0.417 e. The molecule has 0 radical (unpaired) electrons. The van der Waals surface area contributed by atoms with E-state index in [1.807, 2.05) is 18.2 Å². The Hall–Kier alpha value is -2.56. The van der Waals surface area contributed by atoms with Crippen LogP contribution in [-0.2, 0) is 9.53 Å². The molecule has 1 aliphatic rings. The van der Waals surface area contributed by atoms with E-state index in [-0.39, 0.29) is 5.92 Å². The summed E-state index contributed by atoms with van der Waals surface area (Å²) in [4.78, 5) is 24.1. The van der Waals surface area contributed by atoms with Crippen molar-refractivity contribution in [2.45, 2.75) is 5.92 Å². The van der Waals surface area contributed by atoms with Gasteiger partial charge in [0.1, 0.15) is 0 Å². The molecule has 1 heterocycles. The third kappa shape index (κ3) is 2.88. The molecule has 0 saturated carbocycles. The van der Waals surface area contributed by atoms with Crippen LogP contribution in [0.5, 0.6) is 0 Å². The van der Waals surface area contributed by atoms with Gasteiger partial charge in [-0.15, -0.1) is 0 Å². The number of nitrogens with zero attached hydrogens (tertiary/aromatic N) is 1. The van der Waals surface area contributed by atoms with Crippen LogP contribution in [0.25, 0.3) is 0 Å². The fraction of sp³-hybridized carbons (Fsp3) is 0.200. The van der Waals surface area contributed by atoms with Gasteiger partial charge < -0.3 is 9.84 Å². The smallest absolute Gasteiger partial charge is 0.417 e. The average Bonchev–Trinajstić information content (AvgIpc) is 2.48. The second-order valence-corrected chi connectivity index (χ2v) is 4.36. The first-order valence-electron chi connectivity index (χ1n) is 6.14. The van der Waals surface area contributed by atoms with Gasteiger partial charge in [0.05, 0.1) is 13.0 Å². The number of hydrogen-bond acceptors (Lipinski definition) is 3. The first kappa shape index (κ1) is 13.9. The number of methoxy groups -OCH3 is 1. The van der Waals surface area contributed by atoms with Crippen LogP contribution in [0.15, 0.2) is 54.9 Å². The first-order valence-corrected chi connectivity index (χ1v) is 6.14. The van der Waals surface area contributed by atoms with E-state index in [9.17, 15) is 14.7 Å². The van der Waals surface area contributed by atoms with Gasteiger partial charge in [0.2, 0.25) is 0 Å². The summed E-state index contributed by atoms with van der Waals surface area (Å²) in [6.45, 7) is 0. The number of benzene rings is 1. The zero-order chi connectivity index (χ0) is 14.5. The highest BCUT2D eigenvalue weighted by molar-refractivity contribution is 5.77. The van der Waals surface area contributed by atoms with Crippen molar-refractivity contribution in [3.8, 4) is 0 Å². The van der Waals surface area contributed by atoms with Crippen LogP contribution in [0.3, 0.4) is 0 Å². The summed E-state index contributed by atoms with van der Waals surface area (Å²) in [6, 6.07) is 9.03. The van der Waals surface area contributed by atoms with Crippen molar-refractivity contribution in [1.29, 1.82) is 0 Å². The molecule has 5 nitrogen and oxygen atoms in total. The summed E-state index contributed by atoms with van der Waals surface area (Å²) in [7, 11) is 1.29. The largest absolute Gasteiger partial charge is 0.481 e. The van der Waals surface area contributed by atoms with E-state index in [1.54, 1.807) is 24.3 Å². The Morgan fingerprint density at radius 1 is 1.20 bits per heavy atom. The molecule has 1 aromatic carbocycles. The summed E-state index contributed by atoms with van der Waals surface area (Å²) in [5, 5.41) is 9.43. The molecule has 1 atom stereocenters. The van der Waals surface area contributed by atoms with Gasteiger partial charge in [-0.05, 0) is 5.56 Å². The maximum absolute atomic E-state index is 11.5. The van der Waals surface area contributed by atoms with Crippen molar-refractivity contribution >= 4 is 12.1 Å². The Bertz CT molecular complexity index is 536. The highest BCUT2D eigenvalue weighted by Gasteiger charge is 2.28. The monoisotopic (exact) mass is 273 g/mol. The highest BCUT2D eigenvalue weighted by Crippen LogP contribution is 2.29. The number of carbonyl (C=O) groups is 2. The summed E-state index contributed by atoms with van der Waals surface area (Å²) in [6.07, 6.45) is 5.90. The Morgan fingerprint density at radius 3 is 2.30 bits per heavy atom. The minimum Gasteiger partial charge on any atom is -0.481 e. The molecular formula is C15H15NO4. The SMILES string of the molecule is COC(=O)N1C=CC(C(C(=O)O)c2ccccc2)C=C1. The van der Waals surface area contributed by atoms with E-state index in [1.165, 1.54) is 24.4 Å². The lowest BCUT2D eigenvalue weighted by atomic mass is 9.85. The van der Waals surface area contributed by atoms with Crippen molar-refractivity contribution in [3.63, 3.8) is 0 Å².